The Morgan fingerprint density at radius 3 is 2.80 bits per heavy atom. The van der Waals surface area contributed by atoms with Gasteiger partial charge in [-0.25, -0.2) is 4.98 Å². The summed E-state index contributed by atoms with van der Waals surface area (Å²) >= 11 is 5.73. The fraction of sp³-hybridized carbons (Fsp3) is 0.385. The second-order valence-electron chi connectivity index (χ2n) is 4.98. The van der Waals surface area contributed by atoms with Crippen LogP contribution < -0.4 is 5.32 Å². The summed E-state index contributed by atoms with van der Waals surface area (Å²) < 4.78 is 5.14. The lowest BCUT2D eigenvalue weighted by molar-refractivity contribution is -0.152. The Labute approximate surface area is 122 Å². The average Bonchev–Trinajstić information content (AvgIpc) is 2.34. The van der Waals surface area contributed by atoms with Gasteiger partial charge in [0.05, 0.1) is 11.9 Å². The maximum atomic E-state index is 11.6. The zero-order valence-electron chi connectivity index (χ0n) is 11.5. The lowest BCUT2D eigenvalue weighted by Crippen LogP contribution is -2.28. The molecule has 1 aromatic rings. The van der Waals surface area contributed by atoms with E-state index >= 15 is 0 Å². The highest BCUT2D eigenvalue weighted by Gasteiger charge is 2.17. The van der Waals surface area contributed by atoms with Crippen LogP contribution in [-0.4, -0.2) is 28.8 Å². The van der Waals surface area contributed by atoms with Crippen LogP contribution in [0.2, 0.25) is 5.15 Å². The minimum atomic E-state index is -0.570. The normalized spacial score (nSPS) is 10.6. The number of nitriles is 1. The van der Waals surface area contributed by atoms with Crippen LogP contribution in [0.1, 0.15) is 26.3 Å². The van der Waals surface area contributed by atoms with Crippen LogP contribution in [0, 0.1) is 16.7 Å². The molecule has 0 aromatic carbocycles. The van der Waals surface area contributed by atoms with E-state index in [-0.39, 0.29) is 23.0 Å². The Kier molecular flexibility index (Phi) is 5.06. The van der Waals surface area contributed by atoms with Crippen molar-refractivity contribution < 1.29 is 9.53 Å². The van der Waals surface area contributed by atoms with Gasteiger partial charge in [0, 0.05) is 5.56 Å². The number of carbonyl (C=O) groups is 1. The van der Waals surface area contributed by atoms with Gasteiger partial charge in [-0.15, -0.1) is 0 Å². The predicted molar refractivity (Wildman–Crippen MR) is 76.0 cm³/mol. The van der Waals surface area contributed by atoms with Crippen molar-refractivity contribution in [3.8, 4) is 6.07 Å². The molecule has 0 radical (unpaired) electrons. The van der Waals surface area contributed by atoms with Crippen LogP contribution in [0.5, 0.6) is 0 Å². The van der Waals surface area contributed by atoms with Gasteiger partial charge >= 0.3 is 5.97 Å². The van der Waals surface area contributed by atoms with Crippen molar-refractivity contribution in [3.05, 3.63) is 23.0 Å². The lowest BCUT2D eigenvalue weighted by atomic mass is 10.1. The van der Waals surface area contributed by atoms with Gasteiger partial charge in [0.15, 0.2) is 0 Å². The zero-order valence-corrected chi connectivity index (χ0v) is 12.2. The first-order chi connectivity index (χ1) is 9.23. The van der Waals surface area contributed by atoms with Gasteiger partial charge in [-0.05, 0) is 26.8 Å². The maximum absolute atomic E-state index is 11.6. The average molecular weight is 295 g/mol. The third-order valence-corrected chi connectivity index (χ3v) is 2.30. The van der Waals surface area contributed by atoms with Crippen LogP contribution in [0.3, 0.4) is 0 Å². The first kappa shape index (κ1) is 15.9. The van der Waals surface area contributed by atoms with Crippen LogP contribution >= 0.6 is 11.6 Å². The molecule has 0 bridgehead atoms. The number of rotatable bonds is 4. The molecule has 0 aliphatic carbocycles. The van der Waals surface area contributed by atoms with E-state index in [1.807, 2.05) is 0 Å². The standard InChI is InChI=1S/C13H15ClN4O2/c1-13(2,3)20-12(19)7-17-10-6-18-11(14)4-8(10)9(16)5-15/h4,6,16-17H,7H2,1-3H3. The number of pyridine rings is 1. The molecule has 0 saturated heterocycles. The Bertz CT molecular complexity index is 573. The maximum Gasteiger partial charge on any atom is 0.325 e. The lowest BCUT2D eigenvalue weighted by Gasteiger charge is -2.20. The third kappa shape index (κ3) is 4.86. The molecule has 20 heavy (non-hydrogen) atoms. The van der Waals surface area contributed by atoms with Crippen LogP contribution in [-0.2, 0) is 9.53 Å². The predicted octanol–water partition coefficient (Wildman–Crippen LogP) is 2.38. The summed E-state index contributed by atoms with van der Waals surface area (Å²) in [4.78, 5) is 15.5. The van der Waals surface area contributed by atoms with E-state index in [0.717, 1.165) is 0 Å². The molecule has 0 aliphatic heterocycles. The second kappa shape index (κ2) is 6.35. The van der Waals surface area contributed by atoms with Crippen molar-refractivity contribution in [2.75, 3.05) is 11.9 Å². The number of carbonyl (C=O) groups excluding carboxylic acids is 1. The highest BCUT2D eigenvalue weighted by molar-refractivity contribution is 6.30. The Hall–Kier alpha value is -2.13. The summed E-state index contributed by atoms with van der Waals surface area (Å²) in [6, 6.07) is 3.11. The molecule has 7 heteroatoms. The largest absolute Gasteiger partial charge is 0.459 e. The minimum absolute atomic E-state index is 0.0910. The molecule has 0 amide bonds. The second-order valence-corrected chi connectivity index (χ2v) is 5.37. The molecule has 0 spiro atoms. The fourth-order valence-corrected chi connectivity index (χ4v) is 1.54. The van der Waals surface area contributed by atoms with E-state index in [9.17, 15) is 4.79 Å². The molecular formula is C13H15ClN4O2. The number of nitrogens with one attached hydrogen (secondary N) is 2. The van der Waals surface area contributed by atoms with E-state index < -0.39 is 11.6 Å². The monoisotopic (exact) mass is 294 g/mol. The fourth-order valence-electron chi connectivity index (χ4n) is 1.38. The molecule has 0 unspecified atom stereocenters. The molecule has 1 rings (SSSR count). The van der Waals surface area contributed by atoms with Crippen molar-refractivity contribution >= 4 is 29.0 Å². The van der Waals surface area contributed by atoms with Gasteiger partial charge in [-0.1, -0.05) is 11.6 Å². The number of anilines is 1. The van der Waals surface area contributed by atoms with E-state index in [2.05, 4.69) is 10.3 Å². The first-order valence-corrected chi connectivity index (χ1v) is 6.21. The van der Waals surface area contributed by atoms with E-state index in [4.69, 9.17) is 27.0 Å². The molecule has 1 aromatic heterocycles. The smallest absolute Gasteiger partial charge is 0.325 e. The number of hydrogen-bond donors (Lipinski definition) is 2. The minimum Gasteiger partial charge on any atom is -0.459 e. The van der Waals surface area contributed by atoms with Crippen LogP contribution in [0.4, 0.5) is 5.69 Å². The number of esters is 1. The summed E-state index contributed by atoms with van der Waals surface area (Å²) in [5, 5.41) is 19.3. The third-order valence-electron chi connectivity index (χ3n) is 2.09. The molecule has 0 aliphatic rings. The summed E-state index contributed by atoms with van der Waals surface area (Å²) in [6.07, 6.45) is 1.37. The van der Waals surface area contributed by atoms with Gasteiger partial charge in [-0.3, -0.25) is 10.2 Å². The summed E-state index contributed by atoms with van der Waals surface area (Å²) in [5.41, 5.74) is -0.164. The Morgan fingerprint density at radius 2 is 2.25 bits per heavy atom. The molecule has 0 fully saturated rings. The molecule has 106 valence electrons. The first-order valence-electron chi connectivity index (χ1n) is 5.83. The number of ether oxygens (including phenoxy) is 1. The Balaban J connectivity index is 2.81. The van der Waals surface area contributed by atoms with E-state index in [1.54, 1.807) is 26.8 Å². The topological polar surface area (TPSA) is 98.9 Å². The number of nitrogens with zero attached hydrogens (tertiary/aromatic N) is 2. The quantitative estimate of drug-likeness (QED) is 0.504. The number of hydrogen-bond acceptors (Lipinski definition) is 6. The number of halogens is 1. The molecule has 2 N–H and O–H groups in total. The van der Waals surface area contributed by atoms with E-state index in [0.29, 0.717) is 5.69 Å². The number of aromatic nitrogens is 1. The van der Waals surface area contributed by atoms with Crippen LogP contribution in [0.15, 0.2) is 12.3 Å². The van der Waals surface area contributed by atoms with Crippen molar-refractivity contribution in [2.45, 2.75) is 26.4 Å². The Morgan fingerprint density at radius 1 is 1.60 bits per heavy atom. The van der Waals surface area contributed by atoms with E-state index in [1.165, 1.54) is 12.3 Å². The molecule has 0 atom stereocenters. The SMILES string of the molecule is CC(C)(C)OC(=O)CNc1cnc(Cl)cc1C(=N)C#N. The molecular weight excluding hydrogens is 280 g/mol. The molecule has 1 heterocycles. The van der Waals surface area contributed by atoms with Gasteiger partial charge in [0.25, 0.3) is 0 Å². The summed E-state index contributed by atoms with van der Waals surface area (Å²) in [7, 11) is 0. The molecule has 0 saturated carbocycles. The van der Waals surface area contributed by atoms with Crippen LogP contribution in [0.25, 0.3) is 0 Å². The van der Waals surface area contributed by atoms with Crippen molar-refractivity contribution in [1.29, 1.82) is 10.7 Å². The van der Waals surface area contributed by atoms with Crippen molar-refractivity contribution in [2.24, 2.45) is 0 Å². The molecule has 6 nitrogen and oxygen atoms in total. The summed E-state index contributed by atoms with van der Waals surface area (Å²) in [5.74, 6) is -0.443. The van der Waals surface area contributed by atoms with Crippen molar-refractivity contribution in [3.63, 3.8) is 0 Å². The summed E-state index contributed by atoms with van der Waals surface area (Å²) in [6.45, 7) is 5.22. The zero-order chi connectivity index (χ0) is 15.3. The highest BCUT2D eigenvalue weighted by atomic mass is 35.5. The van der Waals surface area contributed by atoms with Gasteiger partial charge in [0.1, 0.15) is 29.1 Å². The van der Waals surface area contributed by atoms with Gasteiger partial charge in [0.2, 0.25) is 0 Å². The highest BCUT2D eigenvalue weighted by Crippen LogP contribution is 2.18. The van der Waals surface area contributed by atoms with Crippen molar-refractivity contribution in [1.82, 2.24) is 4.98 Å². The van der Waals surface area contributed by atoms with Gasteiger partial charge in [-0.2, -0.15) is 5.26 Å². The van der Waals surface area contributed by atoms with Gasteiger partial charge < -0.3 is 10.1 Å².